The number of nitrogens with one attached hydrogen (secondary N) is 1. The second-order valence-corrected chi connectivity index (χ2v) is 14.1. The molecule has 2 nitrogen and oxygen atoms in total. The molecule has 2 aliphatic carbocycles. The smallest absolute Gasteiger partial charge is 0.198 e. The number of H-pyrrole nitrogens is 1. The Labute approximate surface area is 294 Å². The quantitative estimate of drug-likeness (QED) is 0.190. The predicted octanol–water partition coefficient (Wildman–Crippen LogP) is 10.8. The van der Waals surface area contributed by atoms with E-state index in [1.54, 1.807) is 0 Å². The van der Waals surface area contributed by atoms with Crippen molar-refractivity contribution < 1.29 is 0 Å². The van der Waals surface area contributed by atoms with Crippen molar-refractivity contribution >= 4 is 62.2 Å². The maximum absolute atomic E-state index is 3.88. The summed E-state index contributed by atoms with van der Waals surface area (Å²) in [5.74, 6) is 0. The molecule has 50 heavy (non-hydrogen) atoms. The molecule has 1 aromatic heterocycles. The number of rotatable bonds is 4. The van der Waals surface area contributed by atoms with Gasteiger partial charge in [-0.3, -0.25) is 0 Å². The third-order valence-electron chi connectivity index (χ3n) is 11.0. The Morgan fingerprint density at radius 1 is 0.660 bits per heavy atom. The Morgan fingerprint density at radius 3 is 2.34 bits per heavy atom. The van der Waals surface area contributed by atoms with Crippen LogP contribution >= 0.6 is 0 Å². The van der Waals surface area contributed by atoms with E-state index in [9.17, 15) is 0 Å². The van der Waals surface area contributed by atoms with Crippen molar-refractivity contribution in [2.24, 2.45) is 0 Å². The van der Waals surface area contributed by atoms with Crippen LogP contribution in [0.5, 0.6) is 0 Å². The summed E-state index contributed by atoms with van der Waals surface area (Å²) in [5.41, 5.74) is 18.3. The van der Waals surface area contributed by atoms with E-state index in [1.165, 1.54) is 99.5 Å². The average molecular weight is 641 g/mol. The first-order valence-corrected chi connectivity index (χ1v) is 18.0. The molecule has 6 aromatic carbocycles. The summed E-state index contributed by atoms with van der Waals surface area (Å²) in [7, 11) is 0.879. The minimum absolute atomic E-state index is 0.879. The Balaban J connectivity index is 1.18. The molecule has 0 unspecified atom stereocenters. The van der Waals surface area contributed by atoms with Crippen LogP contribution in [0, 0.1) is 6.92 Å². The lowest BCUT2D eigenvalue weighted by Gasteiger charge is -2.37. The highest BCUT2D eigenvalue weighted by Gasteiger charge is 2.30. The summed E-state index contributed by atoms with van der Waals surface area (Å²) in [5, 5.41) is 5.09. The first-order valence-electron chi connectivity index (χ1n) is 18.0. The summed E-state index contributed by atoms with van der Waals surface area (Å²) in [6, 6.07) is 42.9. The zero-order valence-corrected chi connectivity index (χ0v) is 28.3. The van der Waals surface area contributed by atoms with Gasteiger partial charge in [-0.25, -0.2) is 0 Å². The minimum Gasteiger partial charge on any atom is -0.354 e. The number of anilines is 2. The van der Waals surface area contributed by atoms with Crippen molar-refractivity contribution in [1.29, 1.82) is 0 Å². The maximum Gasteiger partial charge on any atom is 0.198 e. The summed E-state index contributed by atoms with van der Waals surface area (Å²) in [6.07, 6.45) is 16.1. The number of nitrogens with zero attached hydrogens (tertiary/aromatic N) is 1. The van der Waals surface area contributed by atoms with Gasteiger partial charge in [0.05, 0.1) is 5.52 Å². The number of aromatic nitrogens is 1. The van der Waals surface area contributed by atoms with Crippen LogP contribution in [0.4, 0.5) is 11.4 Å². The van der Waals surface area contributed by atoms with Gasteiger partial charge < -0.3 is 9.88 Å². The van der Waals surface area contributed by atoms with Crippen molar-refractivity contribution in [2.45, 2.75) is 32.6 Å². The Morgan fingerprint density at radius 2 is 1.52 bits per heavy atom. The van der Waals surface area contributed by atoms with Crippen LogP contribution in [0.1, 0.15) is 31.2 Å². The minimum atomic E-state index is 0.879. The van der Waals surface area contributed by atoms with Crippen LogP contribution in [-0.4, -0.2) is 12.3 Å². The van der Waals surface area contributed by atoms with Crippen LogP contribution in [0.25, 0.3) is 54.8 Å². The molecule has 0 saturated carbocycles. The first-order chi connectivity index (χ1) is 24.7. The van der Waals surface area contributed by atoms with Gasteiger partial charge in [0, 0.05) is 38.9 Å². The molecule has 238 valence electrons. The SMILES string of the molecule is Cc1cc(-c2cccc3c2[nH]c2cc4ccccc4cc23)c2c(c1)N(C1=CC=C(C3=CCCC=C3)CC1)c1ccc(-c3ccccc3)cc1B2. The molecule has 1 N–H and O–H groups in total. The zero-order valence-electron chi connectivity index (χ0n) is 28.3. The van der Waals surface area contributed by atoms with E-state index < -0.39 is 0 Å². The highest BCUT2D eigenvalue weighted by molar-refractivity contribution is 6.73. The monoisotopic (exact) mass is 640 g/mol. The van der Waals surface area contributed by atoms with Gasteiger partial charge in [0.2, 0.25) is 0 Å². The second kappa shape index (κ2) is 11.7. The molecule has 0 fully saturated rings. The van der Waals surface area contributed by atoms with E-state index in [-0.39, 0.29) is 0 Å². The number of benzene rings is 6. The highest BCUT2D eigenvalue weighted by Crippen LogP contribution is 2.41. The van der Waals surface area contributed by atoms with E-state index in [4.69, 9.17) is 0 Å². The fourth-order valence-electron chi connectivity index (χ4n) is 8.55. The molecule has 0 radical (unpaired) electrons. The number of hydrogen-bond donors (Lipinski definition) is 1. The van der Waals surface area contributed by atoms with Crippen molar-refractivity contribution in [3.8, 4) is 22.3 Å². The van der Waals surface area contributed by atoms with Gasteiger partial charge in [-0.15, -0.1) is 0 Å². The molecule has 0 spiro atoms. The van der Waals surface area contributed by atoms with Crippen molar-refractivity contribution in [3.63, 3.8) is 0 Å². The van der Waals surface area contributed by atoms with Gasteiger partial charge in [-0.2, -0.15) is 0 Å². The largest absolute Gasteiger partial charge is 0.354 e. The number of aromatic amines is 1. The molecule has 0 saturated heterocycles. The number of fused-ring (bicyclic) bond motifs is 6. The van der Waals surface area contributed by atoms with Crippen molar-refractivity contribution in [1.82, 2.24) is 4.98 Å². The third-order valence-corrected chi connectivity index (χ3v) is 11.0. The van der Waals surface area contributed by atoms with Crippen molar-refractivity contribution in [3.05, 3.63) is 168 Å². The molecule has 2 heterocycles. The van der Waals surface area contributed by atoms with Crippen LogP contribution in [-0.2, 0) is 0 Å². The summed E-state index contributed by atoms with van der Waals surface area (Å²) in [6.45, 7) is 2.25. The fraction of sp³-hybridized carbons (Fsp3) is 0.106. The molecule has 0 atom stereocenters. The van der Waals surface area contributed by atoms with E-state index in [1.807, 2.05) is 0 Å². The number of hydrogen-bond acceptors (Lipinski definition) is 1. The highest BCUT2D eigenvalue weighted by atomic mass is 15.2. The van der Waals surface area contributed by atoms with E-state index >= 15 is 0 Å². The molecule has 7 aromatic rings. The van der Waals surface area contributed by atoms with Crippen LogP contribution in [0.15, 0.2) is 162 Å². The Bertz CT molecular complexity index is 2630. The van der Waals surface area contributed by atoms with Gasteiger partial charge in [0.15, 0.2) is 7.28 Å². The molecule has 3 heteroatoms. The number of aryl methyl sites for hydroxylation is 1. The molecule has 0 bridgehead atoms. The summed E-state index contributed by atoms with van der Waals surface area (Å²) >= 11 is 0. The van der Waals surface area contributed by atoms with Gasteiger partial charge in [0.1, 0.15) is 0 Å². The Hall–Kier alpha value is -5.80. The molecular formula is C47H37BN2. The summed E-state index contributed by atoms with van der Waals surface area (Å²) < 4.78 is 0. The normalized spacial score (nSPS) is 15.4. The van der Waals surface area contributed by atoms with Gasteiger partial charge >= 0.3 is 0 Å². The van der Waals surface area contributed by atoms with Gasteiger partial charge in [-0.1, -0.05) is 121 Å². The molecule has 1 aliphatic heterocycles. The third kappa shape index (κ3) is 4.80. The topological polar surface area (TPSA) is 19.0 Å². The van der Waals surface area contributed by atoms with Gasteiger partial charge in [0.25, 0.3) is 0 Å². The fourth-order valence-corrected chi connectivity index (χ4v) is 8.55. The number of para-hydroxylation sites is 1. The van der Waals surface area contributed by atoms with E-state index in [0.29, 0.717) is 0 Å². The maximum atomic E-state index is 3.88. The molecule has 10 rings (SSSR count). The van der Waals surface area contributed by atoms with E-state index in [0.717, 1.165) is 33.0 Å². The molecule has 0 amide bonds. The molecular weight excluding hydrogens is 603 g/mol. The van der Waals surface area contributed by atoms with Crippen LogP contribution in [0.2, 0.25) is 0 Å². The van der Waals surface area contributed by atoms with Gasteiger partial charge in [-0.05, 0) is 113 Å². The number of allylic oxidation sites excluding steroid dienone is 8. The van der Waals surface area contributed by atoms with Crippen molar-refractivity contribution in [2.75, 3.05) is 4.90 Å². The summed E-state index contributed by atoms with van der Waals surface area (Å²) in [4.78, 5) is 6.46. The lowest BCUT2D eigenvalue weighted by atomic mass is 9.57. The predicted molar refractivity (Wildman–Crippen MR) is 216 cm³/mol. The van der Waals surface area contributed by atoms with Crippen LogP contribution < -0.4 is 15.8 Å². The van der Waals surface area contributed by atoms with Crippen LogP contribution in [0.3, 0.4) is 0 Å². The lowest BCUT2D eigenvalue weighted by Crippen LogP contribution is -2.42. The average Bonchev–Trinajstić information content (AvgIpc) is 3.54. The second-order valence-electron chi connectivity index (χ2n) is 14.1. The standard InChI is InChI=1S/C47H37BN2/c1-30-25-41(39-18-10-17-38-40-27-34-15-8-9-16-35(34)29-43(40)49-47(38)39)46-45(26-30)50(37-22-19-33(20-23-37)31-11-4-2-5-12-31)44-24-21-36(28-42(44)48-46)32-13-6-3-7-14-32/h3-4,6-19,21-22,24-29,48-49H,2,5,20,23H2,1H3. The Kier molecular flexibility index (Phi) is 6.80. The molecule has 3 aliphatic rings. The van der Waals surface area contributed by atoms with E-state index in [2.05, 4.69) is 162 Å². The first kappa shape index (κ1) is 29.1. The zero-order chi connectivity index (χ0) is 33.2. The lowest BCUT2D eigenvalue weighted by molar-refractivity contribution is 0.879.